The van der Waals surface area contributed by atoms with Crippen molar-refractivity contribution in [1.82, 2.24) is 25.5 Å². The standard InChI is InChI=1S/C5H9N5/c1-10(2)4-3-5-6-8-9-7-5/h3-4H,1-2H3,(H,6,7,8,9)/b4-3+. The lowest BCUT2D eigenvalue weighted by atomic mass is 10.6. The van der Waals surface area contributed by atoms with Crippen LogP contribution in [-0.4, -0.2) is 39.6 Å². The van der Waals surface area contributed by atoms with Gasteiger partial charge in [-0.25, -0.2) is 0 Å². The molecule has 0 saturated heterocycles. The van der Waals surface area contributed by atoms with Crippen LogP contribution in [0.4, 0.5) is 0 Å². The molecule has 1 heterocycles. The third-order valence-corrected chi connectivity index (χ3v) is 0.883. The summed E-state index contributed by atoms with van der Waals surface area (Å²) in [5.41, 5.74) is 0. The fourth-order valence-corrected chi connectivity index (χ4v) is 0.456. The highest BCUT2D eigenvalue weighted by atomic mass is 15.5. The minimum atomic E-state index is 0.591. The average Bonchev–Trinajstić information content (AvgIpc) is 2.34. The van der Waals surface area contributed by atoms with E-state index < -0.39 is 0 Å². The first-order valence-corrected chi connectivity index (χ1v) is 2.87. The van der Waals surface area contributed by atoms with Gasteiger partial charge in [-0.15, -0.1) is 10.2 Å². The molecule has 5 heteroatoms. The zero-order valence-corrected chi connectivity index (χ0v) is 5.94. The van der Waals surface area contributed by atoms with Gasteiger partial charge < -0.3 is 4.90 Å². The van der Waals surface area contributed by atoms with Gasteiger partial charge in [-0.1, -0.05) is 0 Å². The van der Waals surface area contributed by atoms with E-state index in [1.807, 2.05) is 25.2 Å². The van der Waals surface area contributed by atoms with E-state index in [4.69, 9.17) is 0 Å². The molecule has 1 aromatic heterocycles. The molecule has 0 aromatic carbocycles. The van der Waals surface area contributed by atoms with Gasteiger partial charge in [0, 0.05) is 26.4 Å². The number of tetrazole rings is 1. The molecule has 0 radical (unpaired) electrons. The van der Waals surface area contributed by atoms with Crippen LogP contribution in [0.15, 0.2) is 6.20 Å². The summed E-state index contributed by atoms with van der Waals surface area (Å²) < 4.78 is 0. The molecule has 0 spiro atoms. The molecule has 0 unspecified atom stereocenters. The SMILES string of the molecule is CN(C)/C=C/c1nn[nH]n1. The molecular weight excluding hydrogens is 130 g/mol. The largest absolute Gasteiger partial charge is 0.383 e. The van der Waals surface area contributed by atoms with Crippen LogP contribution in [-0.2, 0) is 0 Å². The van der Waals surface area contributed by atoms with E-state index in [2.05, 4.69) is 20.6 Å². The quantitative estimate of drug-likeness (QED) is 0.613. The highest BCUT2D eigenvalue weighted by molar-refractivity contribution is 5.36. The number of hydrogen-bond donors (Lipinski definition) is 1. The molecule has 0 saturated carbocycles. The second-order valence-electron chi connectivity index (χ2n) is 2.05. The summed E-state index contributed by atoms with van der Waals surface area (Å²) >= 11 is 0. The Morgan fingerprint density at radius 2 is 2.30 bits per heavy atom. The Morgan fingerprint density at radius 3 is 2.80 bits per heavy atom. The molecule has 1 N–H and O–H groups in total. The van der Waals surface area contributed by atoms with Crippen LogP contribution in [0.5, 0.6) is 0 Å². The fraction of sp³-hybridized carbons (Fsp3) is 0.400. The van der Waals surface area contributed by atoms with E-state index in [0.717, 1.165) is 0 Å². The monoisotopic (exact) mass is 139 g/mol. The summed E-state index contributed by atoms with van der Waals surface area (Å²) in [5, 5.41) is 13.2. The van der Waals surface area contributed by atoms with Crippen LogP contribution >= 0.6 is 0 Å². The number of aromatic nitrogens is 4. The van der Waals surface area contributed by atoms with E-state index in [1.165, 1.54) is 0 Å². The van der Waals surface area contributed by atoms with Crippen LogP contribution < -0.4 is 0 Å². The van der Waals surface area contributed by atoms with Crippen LogP contribution in [0, 0.1) is 0 Å². The van der Waals surface area contributed by atoms with Crippen LogP contribution in [0.1, 0.15) is 5.82 Å². The third-order valence-electron chi connectivity index (χ3n) is 0.883. The topological polar surface area (TPSA) is 57.7 Å². The van der Waals surface area contributed by atoms with Crippen molar-refractivity contribution >= 4 is 6.08 Å². The van der Waals surface area contributed by atoms with Crippen molar-refractivity contribution in [2.45, 2.75) is 0 Å². The Balaban J connectivity index is 2.55. The Morgan fingerprint density at radius 1 is 1.50 bits per heavy atom. The van der Waals surface area contributed by atoms with Crippen molar-refractivity contribution in [2.75, 3.05) is 14.1 Å². The van der Waals surface area contributed by atoms with E-state index in [0.29, 0.717) is 5.82 Å². The molecule has 0 amide bonds. The van der Waals surface area contributed by atoms with Gasteiger partial charge in [-0.05, 0) is 5.21 Å². The second kappa shape index (κ2) is 2.95. The summed E-state index contributed by atoms with van der Waals surface area (Å²) in [6, 6.07) is 0. The number of rotatable bonds is 2. The van der Waals surface area contributed by atoms with E-state index in [1.54, 1.807) is 6.08 Å². The minimum absolute atomic E-state index is 0.591. The molecule has 0 bridgehead atoms. The summed E-state index contributed by atoms with van der Waals surface area (Å²) in [7, 11) is 3.85. The lowest BCUT2D eigenvalue weighted by molar-refractivity contribution is 0.567. The predicted molar refractivity (Wildman–Crippen MR) is 36.9 cm³/mol. The molecule has 10 heavy (non-hydrogen) atoms. The van der Waals surface area contributed by atoms with Gasteiger partial charge in [0.25, 0.3) is 0 Å². The summed E-state index contributed by atoms with van der Waals surface area (Å²) in [4.78, 5) is 1.90. The maximum Gasteiger partial charge on any atom is 0.198 e. The predicted octanol–water partition coefficient (Wildman–Crippen LogP) is -0.268. The van der Waals surface area contributed by atoms with Crippen molar-refractivity contribution in [3.05, 3.63) is 12.0 Å². The van der Waals surface area contributed by atoms with Crippen LogP contribution in [0.2, 0.25) is 0 Å². The summed E-state index contributed by atoms with van der Waals surface area (Å²) in [6.45, 7) is 0. The summed E-state index contributed by atoms with van der Waals surface area (Å²) in [6.07, 6.45) is 3.62. The fourth-order valence-electron chi connectivity index (χ4n) is 0.456. The Kier molecular flexibility index (Phi) is 1.99. The molecule has 0 fully saturated rings. The van der Waals surface area contributed by atoms with Gasteiger partial charge in [0.05, 0.1) is 0 Å². The van der Waals surface area contributed by atoms with Crippen molar-refractivity contribution in [2.24, 2.45) is 0 Å². The van der Waals surface area contributed by atoms with Gasteiger partial charge >= 0.3 is 0 Å². The van der Waals surface area contributed by atoms with Crippen LogP contribution in [0.25, 0.3) is 6.08 Å². The first-order chi connectivity index (χ1) is 4.79. The minimum Gasteiger partial charge on any atom is -0.383 e. The van der Waals surface area contributed by atoms with Crippen molar-refractivity contribution in [1.29, 1.82) is 0 Å². The molecule has 1 aromatic rings. The number of aromatic amines is 1. The molecule has 5 nitrogen and oxygen atoms in total. The molecule has 0 aliphatic carbocycles. The maximum atomic E-state index is 3.73. The lowest BCUT2D eigenvalue weighted by Gasteiger charge is -2.00. The van der Waals surface area contributed by atoms with Crippen molar-refractivity contribution in [3.8, 4) is 0 Å². The maximum absolute atomic E-state index is 3.73. The second-order valence-corrected chi connectivity index (χ2v) is 2.05. The Labute approximate surface area is 58.7 Å². The van der Waals surface area contributed by atoms with Crippen molar-refractivity contribution in [3.63, 3.8) is 0 Å². The van der Waals surface area contributed by atoms with E-state index >= 15 is 0 Å². The van der Waals surface area contributed by atoms with Gasteiger partial charge in [-0.3, -0.25) is 0 Å². The number of nitrogens with zero attached hydrogens (tertiary/aromatic N) is 4. The van der Waals surface area contributed by atoms with Crippen molar-refractivity contribution < 1.29 is 0 Å². The zero-order valence-electron chi connectivity index (χ0n) is 5.94. The smallest absolute Gasteiger partial charge is 0.198 e. The average molecular weight is 139 g/mol. The number of nitrogens with one attached hydrogen (secondary N) is 1. The highest BCUT2D eigenvalue weighted by Gasteiger charge is 1.87. The van der Waals surface area contributed by atoms with E-state index in [-0.39, 0.29) is 0 Å². The Bertz CT molecular complexity index is 200. The number of hydrogen-bond acceptors (Lipinski definition) is 4. The molecule has 0 aliphatic heterocycles. The van der Waals surface area contributed by atoms with E-state index in [9.17, 15) is 0 Å². The third kappa shape index (κ3) is 1.85. The lowest BCUT2D eigenvalue weighted by Crippen LogP contribution is -1.99. The molecular formula is C5H9N5. The first-order valence-electron chi connectivity index (χ1n) is 2.87. The van der Waals surface area contributed by atoms with Gasteiger partial charge in [0.2, 0.25) is 0 Å². The van der Waals surface area contributed by atoms with Crippen LogP contribution in [0.3, 0.4) is 0 Å². The zero-order chi connectivity index (χ0) is 7.40. The molecule has 1 rings (SSSR count). The van der Waals surface area contributed by atoms with Gasteiger partial charge in [0.15, 0.2) is 5.82 Å². The normalized spacial score (nSPS) is 10.6. The highest BCUT2D eigenvalue weighted by Crippen LogP contribution is 1.87. The Hall–Kier alpha value is -1.39. The van der Waals surface area contributed by atoms with Gasteiger partial charge in [-0.2, -0.15) is 5.21 Å². The summed E-state index contributed by atoms with van der Waals surface area (Å²) in [5.74, 6) is 0.591. The van der Waals surface area contributed by atoms with Gasteiger partial charge in [0.1, 0.15) is 0 Å². The number of H-pyrrole nitrogens is 1. The molecule has 54 valence electrons. The molecule has 0 aliphatic rings. The molecule has 0 atom stereocenters. The first kappa shape index (κ1) is 6.73.